The number of rotatable bonds is 3. The van der Waals surface area contributed by atoms with Crippen molar-refractivity contribution in [2.24, 2.45) is 0 Å². The number of nitrogens with zero attached hydrogens (tertiary/aromatic N) is 2. The van der Waals surface area contributed by atoms with Gasteiger partial charge in [0.25, 0.3) is 5.91 Å². The zero-order valence-electron chi connectivity index (χ0n) is 11.8. The zero-order chi connectivity index (χ0) is 15.7. The molecule has 1 aromatic carbocycles. The van der Waals surface area contributed by atoms with Gasteiger partial charge >= 0.3 is 0 Å². The molecule has 0 unspecified atom stereocenters. The number of carbonyl (C=O) groups excluding carboxylic acids is 1. The van der Waals surface area contributed by atoms with Crippen molar-refractivity contribution in [3.05, 3.63) is 70.4 Å². The van der Waals surface area contributed by atoms with E-state index in [4.69, 9.17) is 11.6 Å². The average molecular weight is 318 g/mol. The minimum atomic E-state index is -0.639. The van der Waals surface area contributed by atoms with Crippen molar-refractivity contribution in [3.63, 3.8) is 0 Å². The first kappa shape index (κ1) is 14.5. The molecule has 0 bridgehead atoms. The number of aromatic nitrogens is 2. The third-order valence-electron chi connectivity index (χ3n) is 3.44. The standard InChI is InChI=1S/C16H13ClFN3O/c1-10-13(21-8-3-2-7-14(21)20-10)9-19-16(22)15-11(17)5-4-6-12(15)18/h2-8H,9H2,1H3,(H,19,22). The Morgan fingerprint density at radius 3 is 2.91 bits per heavy atom. The molecule has 22 heavy (non-hydrogen) atoms. The number of aryl methyl sites for hydroxylation is 1. The Labute approximate surface area is 131 Å². The molecule has 1 N–H and O–H groups in total. The molecule has 4 nitrogen and oxygen atoms in total. The van der Waals surface area contributed by atoms with Crippen LogP contribution < -0.4 is 5.32 Å². The molecule has 6 heteroatoms. The van der Waals surface area contributed by atoms with Crippen LogP contribution in [-0.2, 0) is 6.54 Å². The molecule has 1 amide bonds. The van der Waals surface area contributed by atoms with Gasteiger partial charge < -0.3 is 9.72 Å². The summed E-state index contributed by atoms with van der Waals surface area (Å²) in [7, 11) is 0. The van der Waals surface area contributed by atoms with E-state index in [0.29, 0.717) is 0 Å². The largest absolute Gasteiger partial charge is 0.346 e. The molecule has 0 saturated carbocycles. The Balaban J connectivity index is 1.85. The van der Waals surface area contributed by atoms with Crippen LogP contribution in [0.25, 0.3) is 5.65 Å². The van der Waals surface area contributed by atoms with Gasteiger partial charge in [0.15, 0.2) is 0 Å². The Hall–Kier alpha value is -2.40. The number of carbonyl (C=O) groups is 1. The smallest absolute Gasteiger partial charge is 0.256 e. The summed E-state index contributed by atoms with van der Waals surface area (Å²) in [5, 5.41) is 2.78. The number of hydrogen-bond donors (Lipinski definition) is 1. The van der Waals surface area contributed by atoms with Crippen LogP contribution in [0.1, 0.15) is 21.7 Å². The first-order valence-corrected chi connectivity index (χ1v) is 7.10. The van der Waals surface area contributed by atoms with Gasteiger partial charge in [-0.1, -0.05) is 23.7 Å². The molecule has 0 aliphatic carbocycles. The number of imidazole rings is 1. The normalized spacial score (nSPS) is 10.9. The summed E-state index contributed by atoms with van der Waals surface area (Å²) in [6, 6.07) is 9.81. The lowest BCUT2D eigenvalue weighted by Gasteiger charge is -2.08. The highest BCUT2D eigenvalue weighted by atomic mass is 35.5. The van der Waals surface area contributed by atoms with Crippen molar-refractivity contribution in [1.29, 1.82) is 0 Å². The molecule has 0 aliphatic heterocycles. The van der Waals surface area contributed by atoms with Gasteiger partial charge in [0.05, 0.1) is 28.5 Å². The summed E-state index contributed by atoms with van der Waals surface area (Å²) >= 11 is 5.89. The first-order chi connectivity index (χ1) is 10.6. The predicted octanol–water partition coefficient (Wildman–Crippen LogP) is 3.37. The number of halogens is 2. The van der Waals surface area contributed by atoms with E-state index in [1.807, 2.05) is 35.7 Å². The van der Waals surface area contributed by atoms with Crippen LogP contribution in [0.2, 0.25) is 5.02 Å². The maximum absolute atomic E-state index is 13.7. The maximum Gasteiger partial charge on any atom is 0.256 e. The van der Waals surface area contributed by atoms with Crippen molar-refractivity contribution in [1.82, 2.24) is 14.7 Å². The van der Waals surface area contributed by atoms with E-state index in [1.54, 1.807) is 0 Å². The lowest BCUT2D eigenvalue weighted by Crippen LogP contribution is -2.25. The molecule has 0 fully saturated rings. The van der Waals surface area contributed by atoms with E-state index >= 15 is 0 Å². The Bertz CT molecular complexity index is 839. The second-order valence-corrected chi connectivity index (χ2v) is 5.26. The van der Waals surface area contributed by atoms with Gasteiger partial charge in [-0.05, 0) is 31.2 Å². The molecule has 2 heterocycles. The molecule has 3 aromatic rings. The van der Waals surface area contributed by atoms with Gasteiger partial charge in [0.2, 0.25) is 0 Å². The molecule has 112 valence electrons. The number of nitrogens with one attached hydrogen (secondary N) is 1. The van der Waals surface area contributed by atoms with Crippen LogP contribution in [0.15, 0.2) is 42.6 Å². The molecule has 0 radical (unpaired) electrons. The van der Waals surface area contributed by atoms with E-state index in [9.17, 15) is 9.18 Å². The predicted molar refractivity (Wildman–Crippen MR) is 82.5 cm³/mol. The fourth-order valence-electron chi connectivity index (χ4n) is 2.34. The SMILES string of the molecule is Cc1nc2ccccn2c1CNC(=O)c1c(F)cccc1Cl. The second-order valence-electron chi connectivity index (χ2n) is 4.85. The van der Waals surface area contributed by atoms with Crippen molar-refractivity contribution < 1.29 is 9.18 Å². The summed E-state index contributed by atoms with van der Waals surface area (Å²) in [4.78, 5) is 16.6. The van der Waals surface area contributed by atoms with Crippen LogP contribution >= 0.6 is 11.6 Å². The summed E-state index contributed by atoms with van der Waals surface area (Å²) in [5.74, 6) is -1.19. The van der Waals surface area contributed by atoms with Gasteiger partial charge in [-0.2, -0.15) is 0 Å². The van der Waals surface area contributed by atoms with E-state index < -0.39 is 11.7 Å². The van der Waals surface area contributed by atoms with E-state index in [1.165, 1.54) is 18.2 Å². The number of hydrogen-bond acceptors (Lipinski definition) is 2. The van der Waals surface area contributed by atoms with Crippen LogP contribution in [0.3, 0.4) is 0 Å². The summed E-state index contributed by atoms with van der Waals surface area (Å²) < 4.78 is 15.6. The molecular formula is C16H13ClFN3O. The minimum absolute atomic E-state index is 0.0902. The number of benzene rings is 1. The van der Waals surface area contributed by atoms with Crippen molar-refractivity contribution in [2.75, 3.05) is 0 Å². The fraction of sp³-hybridized carbons (Fsp3) is 0.125. The van der Waals surface area contributed by atoms with Crippen LogP contribution in [0, 0.1) is 12.7 Å². The van der Waals surface area contributed by atoms with Crippen LogP contribution in [-0.4, -0.2) is 15.3 Å². The highest BCUT2D eigenvalue weighted by Crippen LogP contribution is 2.19. The number of amides is 1. The molecule has 2 aromatic heterocycles. The summed E-state index contributed by atoms with van der Waals surface area (Å²) in [6.45, 7) is 2.10. The van der Waals surface area contributed by atoms with Crippen molar-refractivity contribution >= 4 is 23.2 Å². The van der Waals surface area contributed by atoms with Gasteiger partial charge in [-0.3, -0.25) is 4.79 Å². The topological polar surface area (TPSA) is 46.4 Å². The Morgan fingerprint density at radius 2 is 2.14 bits per heavy atom. The van der Waals surface area contributed by atoms with E-state index in [-0.39, 0.29) is 17.1 Å². The van der Waals surface area contributed by atoms with Crippen LogP contribution in [0.5, 0.6) is 0 Å². The van der Waals surface area contributed by atoms with Gasteiger partial charge in [0.1, 0.15) is 11.5 Å². The molecular weight excluding hydrogens is 305 g/mol. The van der Waals surface area contributed by atoms with E-state index in [2.05, 4.69) is 10.3 Å². The quantitative estimate of drug-likeness (QED) is 0.805. The average Bonchev–Trinajstić information content (AvgIpc) is 2.80. The fourth-order valence-corrected chi connectivity index (χ4v) is 2.59. The lowest BCUT2D eigenvalue weighted by atomic mass is 10.2. The number of fused-ring (bicyclic) bond motifs is 1. The third kappa shape index (κ3) is 2.55. The molecule has 0 aliphatic rings. The van der Waals surface area contributed by atoms with Crippen molar-refractivity contribution in [2.45, 2.75) is 13.5 Å². The lowest BCUT2D eigenvalue weighted by molar-refractivity contribution is 0.0946. The second kappa shape index (κ2) is 5.77. The summed E-state index contributed by atoms with van der Waals surface area (Å²) in [6.07, 6.45) is 1.87. The first-order valence-electron chi connectivity index (χ1n) is 6.72. The van der Waals surface area contributed by atoms with E-state index in [0.717, 1.165) is 17.0 Å². The molecule has 0 saturated heterocycles. The van der Waals surface area contributed by atoms with Gasteiger partial charge in [-0.25, -0.2) is 9.37 Å². The molecule has 0 spiro atoms. The maximum atomic E-state index is 13.7. The summed E-state index contributed by atoms with van der Waals surface area (Å²) in [5.41, 5.74) is 2.31. The zero-order valence-corrected chi connectivity index (χ0v) is 12.6. The highest BCUT2D eigenvalue weighted by Gasteiger charge is 2.16. The van der Waals surface area contributed by atoms with Gasteiger partial charge in [-0.15, -0.1) is 0 Å². The molecule has 3 rings (SSSR count). The monoisotopic (exact) mass is 317 g/mol. The van der Waals surface area contributed by atoms with Crippen LogP contribution in [0.4, 0.5) is 4.39 Å². The Morgan fingerprint density at radius 1 is 1.32 bits per heavy atom. The third-order valence-corrected chi connectivity index (χ3v) is 3.75. The van der Waals surface area contributed by atoms with Crippen molar-refractivity contribution in [3.8, 4) is 0 Å². The number of pyridine rings is 1. The highest BCUT2D eigenvalue weighted by molar-refractivity contribution is 6.33. The van der Waals surface area contributed by atoms with Gasteiger partial charge in [0, 0.05) is 6.20 Å². The molecule has 0 atom stereocenters. The minimum Gasteiger partial charge on any atom is -0.346 e. The Kier molecular flexibility index (Phi) is 3.81.